The van der Waals surface area contributed by atoms with Gasteiger partial charge in [-0.1, -0.05) is 31.3 Å². The van der Waals surface area contributed by atoms with Crippen LogP contribution in [0.4, 0.5) is 13.2 Å². The molecule has 0 spiro atoms. The molecule has 0 aliphatic heterocycles. The van der Waals surface area contributed by atoms with Gasteiger partial charge in [0.05, 0.1) is 6.20 Å². The van der Waals surface area contributed by atoms with Crippen LogP contribution in [-0.2, 0) is 6.18 Å². The first-order valence-electron chi connectivity index (χ1n) is 6.14. The molecule has 20 heavy (non-hydrogen) atoms. The molecule has 0 unspecified atom stereocenters. The van der Waals surface area contributed by atoms with Crippen molar-refractivity contribution in [3.8, 4) is 10.9 Å². The van der Waals surface area contributed by atoms with Crippen molar-refractivity contribution in [2.75, 3.05) is 0 Å². The molecule has 2 aromatic rings. The Hall–Kier alpha value is -1.56. The lowest BCUT2D eigenvalue weighted by Gasteiger charge is -2.04. The fourth-order valence-corrected chi connectivity index (χ4v) is 2.18. The van der Waals surface area contributed by atoms with Gasteiger partial charge >= 0.3 is 6.18 Å². The van der Waals surface area contributed by atoms with Crippen LogP contribution >= 0.6 is 11.3 Å². The maximum Gasteiger partial charge on any atom is 0.427 e. The van der Waals surface area contributed by atoms with Gasteiger partial charge in [0, 0.05) is 0 Å². The van der Waals surface area contributed by atoms with E-state index >= 15 is 0 Å². The van der Waals surface area contributed by atoms with E-state index in [1.807, 2.05) is 33.8 Å². The second kappa shape index (κ2) is 6.74. The van der Waals surface area contributed by atoms with E-state index in [4.69, 9.17) is 4.74 Å². The number of aryl methyl sites for hydroxylation is 2. The van der Waals surface area contributed by atoms with Crippen molar-refractivity contribution in [2.45, 2.75) is 33.9 Å². The Kier molecular flexibility index (Phi) is 5.56. The van der Waals surface area contributed by atoms with Crippen molar-refractivity contribution in [2.24, 2.45) is 0 Å². The molecule has 0 aliphatic carbocycles. The zero-order valence-corrected chi connectivity index (χ0v) is 12.5. The van der Waals surface area contributed by atoms with Crippen LogP contribution < -0.4 is 4.74 Å². The maximum atomic E-state index is 12.4. The number of thiazole rings is 1. The fourth-order valence-electron chi connectivity index (χ4n) is 1.53. The molecule has 0 radical (unpaired) electrons. The summed E-state index contributed by atoms with van der Waals surface area (Å²) >= 11 is 0.488. The molecule has 0 saturated carbocycles. The van der Waals surface area contributed by atoms with Gasteiger partial charge in [-0.2, -0.15) is 13.2 Å². The highest BCUT2D eigenvalue weighted by Gasteiger charge is 2.33. The van der Waals surface area contributed by atoms with Crippen LogP contribution in [0.2, 0.25) is 0 Å². The number of aromatic nitrogens is 1. The molecule has 0 N–H and O–H groups in total. The molecule has 110 valence electrons. The van der Waals surface area contributed by atoms with Crippen molar-refractivity contribution in [3.05, 3.63) is 40.4 Å². The Bertz CT molecular complexity index is 544. The van der Waals surface area contributed by atoms with E-state index in [2.05, 4.69) is 4.98 Å². The third-order valence-corrected chi connectivity index (χ3v) is 3.08. The van der Waals surface area contributed by atoms with Gasteiger partial charge in [0.1, 0.15) is 10.6 Å². The van der Waals surface area contributed by atoms with Gasteiger partial charge in [-0.15, -0.1) is 0 Å². The first-order valence-corrected chi connectivity index (χ1v) is 6.95. The molecule has 1 aromatic carbocycles. The molecule has 2 nitrogen and oxygen atoms in total. The average Bonchev–Trinajstić information content (AvgIpc) is 2.78. The van der Waals surface area contributed by atoms with E-state index < -0.39 is 11.1 Å². The number of rotatable bonds is 2. The van der Waals surface area contributed by atoms with Crippen molar-refractivity contribution in [1.29, 1.82) is 0 Å². The summed E-state index contributed by atoms with van der Waals surface area (Å²) in [7, 11) is 0. The van der Waals surface area contributed by atoms with Gasteiger partial charge in [0.25, 0.3) is 5.19 Å². The second-order valence-electron chi connectivity index (χ2n) is 3.91. The molecule has 0 amide bonds. The minimum atomic E-state index is -4.37. The monoisotopic (exact) mass is 303 g/mol. The number of alkyl halides is 3. The number of halogens is 3. The summed E-state index contributed by atoms with van der Waals surface area (Å²) in [6, 6.07) is 5.46. The van der Waals surface area contributed by atoms with Crippen molar-refractivity contribution in [3.63, 3.8) is 0 Å². The van der Waals surface area contributed by atoms with E-state index in [-0.39, 0.29) is 5.19 Å². The van der Waals surface area contributed by atoms with Crippen LogP contribution in [0.3, 0.4) is 0 Å². The summed E-state index contributed by atoms with van der Waals surface area (Å²) in [6.07, 6.45) is -3.59. The molecule has 0 atom stereocenters. The van der Waals surface area contributed by atoms with E-state index in [1.165, 1.54) is 0 Å². The predicted octanol–water partition coefficient (Wildman–Crippen LogP) is 5.60. The van der Waals surface area contributed by atoms with Crippen LogP contribution in [-0.4, -0.2) is 4.98 Å². The minimum absolute atomic E-state index is 0.00711. The molecule has 1 aromatic heterocycles. The van der Waals surface area contributed by atoms with Crippen LogP contribution in [0.5, 0.6) is 10.9 Å². The van der Waals surface area contributed by atoms with Crippen molar-refractivity contribution < 1.29 is 17.9 Å². The Morgan fingerprint density at radius 1 is 1.05 bits per heavy atom. The molecule has 6 heteroatoms. The topological polar surface area (TPSA) is 22.1 Å². The van der Waals surface area contributed by atoms with Crippen molar-refractivity contribution in [1.82, 2.24) is 4.98 Å². The van der Waals surface area contributed by atoms with Gasteiger partial charge < -0.3 is 4.74 Å². The Labute approximate surface area is 120 Å². The Morgan fingerprint density at radius 3 is 2.05 bits per heavy atom. The minimum Gasteiger partial charge on any atom is -0.431 e. The third kappa shape index (κ3) is 4.52. The lowest BCUT2D eigenvalue weighted by atomic mass is 10.1. The standard InChI is InChI=1S/C12H10F3NOS.C2H6/c1-7-3-8(2)5-9(4-7)17-11-16-6-10(18-11)12(13,14)15;1-2/h3-6H,1-2H3;1-2H3. The highest BCUT2D eigenvalue weighted by molar-refractivity contribution is 7.13. The van der Waals surface area contributed by atoms with Gasteiger partial charge in [-0.3, -0.25) is 0 Å². The molecule has 2 rings (SSSR count). The normalized spacial score (nSPS) is 10.8. The first-order chi connectivity index (χ1) is 9.34. The second-order valence-corrected chi connectivity index (χ2v) is 4.91. The molecule has 0 aliphatic rings. The van der Waals surface area contributed by atoms with E-state index in [0.29, 0.717) is 17.1 Å². The molecular formula is C14H16F3NOS. The zero-order valence-electron chi connectivity index (χ0n) is 11.7. The lowest BCUT2D eigenvalue weighted by molar-refractivity contribution is -0.134. The van der Waals surface area contributed by atoms with Gasteiger partial charge in [0.2, 0.25) is 0 Å². The lowest BCUT2D eigenvalue weighted by Crippen LogP contribution is -2.00. The van der Waals surface area contributed by atoms with E-state index in [0.717, 1.165) is 17.3 Å². The fraction of sp³-hybridized carbons (Fsp3) is 0.357. The van der Waals surface area contributed by atoms with Crippen LogP contribution in [0.15, 0.2) is 24.4 Å². The highest BCUT2D eigenvalue weighted by Crippen LogP contribution is 2.37. The van der Waals surface area contributed by atoms with Gasteiger partial charge in [0.15, 0.2) is 0 Å². The van der Waals surface area contributed by atoms with Gasteiger partial charge in [-0.25, -0.2) is 4.98 Å². The number of nitrogens with zero attached hydrogens (tertiary/aromatic N) is 1. The maximum absolute atomic E-state index is 12.4. The van der Waals surface area contributed by atoms with Crippen LogP contribution in [0.1, 0.15) is 29.9 Å². The molecule has 0 bridgehead atoms. The number of hydrogen-bond acceptors (Lipinski definition) is 3. The first kappa shape index (κ1) is 16.5. The quantitative estimate of drug-likeness (QED) is 0.720. The summed E-state index contributed by atoms with van der Waals surface area (Å²) < 4.78 is 42.5. The summed E-state index contributed by atoms with van der Waals surface area (Å²) in [5.41, 5.74) is 1.97. The summed E-state index contributed by atoms with van der Waals surface area (Å²) in [4.78, 5) is 2.85. The summed E-state index contributed by atoms with van der Waals surface area (Å²) in [5, 5.41) is -0.00711. The third-order valence-electron chi connectivity index (χ3n) is 2.16. The Balaban J connectivity index is 0.000000956. The molecule has 0 saturated heterocycles. The summed E-state index contributed by atoms with van der Waals surface area (Å²) in [6.45, 7) is 7.78. The highest BCUT2D eigenvalue weighted by atomic mass is 32.1. The number of ether oxygens (including phenoxy) is 1. The zero-order chi connectivity index (χ0) is 15.3. The van der Waals surface area contributed by atoms with Crippen molar-refractivity contribution >= 4 is 11.3 Å². The molecular weight excluding hydrogens is 287 g/mol. The SMILES string of the molecule is CC.Cc1cc(C)cc(Oc2ncc(C(F)(F)F)s2)c1. The van der Waals surface area contributed by atoms with Gasteiger partial charge in [-0.05, 0) is 37.1 Å². The number of hydrogen-bond donors (Lipinski definition) is 0. The molecule has 1 heterocycles. The predicted molar refractivity (Wildman–Crippen MR) is 74.5 cm³/mol. The number of benzene rings is 1. The van der Waals surface area contributed by atoms with E-state index in [9.17, 15) is 13.2 Å². The smallest absolute Gasteiger partial charge is 0.427 e. The largest absolute Gasteiger partial charge is 0.431 e. The average molecular weight is 303 g/mol. The van der Waals surface area contributed by atoms with E-state index in [1.54, 1.807) is 12.1 Å². The van der Waals surface area contributed by atoms with Crippen LogP contribution in [0, 0.1) is 13.8 Å². The molecule has 0 fully saturated rings. The summed E-state index contributed by atoms with van der Waals surface area (Å²) in [5.74, 6) is 0.496. The van der Waals surface area contributed by atoms with Crippen LogP contribution in [0.25, 0.3) is 0 Å². The Morgan fingerprint density at radius 2 is 1.60 bits per heavy atom.